The average molecular weight is 482 g/mol. The van der Waals surface area contributed by atoms with E-state index in [4.69, 9.17) is 16.3 Å². The van der Waals surface area contributed by atoms with E-state index in [0.29, 0.717) is 24.8 Å². The summed E-state index contributed by atoms with van der Waals surface area (Å²) in [5.41, 5.74) is 2.46. The quantitative estimate of drug-likeness (QED) is 0.574. The lowest BCUT2D eigenvalue weighted by atomic mass is 9.93. The van der Waals surface area contributed by atoms with Crippen molar-refractivity contribution in [3.8, 4) is 5.75 Å². The van der Waals surface area contributed by atoms with Crippen LogP contribution in [-0.4, -0.2) is 46.5 Å². The molecule has 0 bridgehead atoms. The van der Waals surface area contributed by atoms with E-state index in [9.17, 15) is 14.7 Å². The van der Waals surface area contributed by atoms with Gasteiger partial charge in [0.1, 0.15) is 12.2 Å². The Kier molecular flexibility index (Phi) is 4.90. The van der Waals surface area contributed by atoms with Crippen LogP contribution in [0.2, 0.25) is 5.02 Å². The Morgan fingerprint density at radius 1 is 1.09 bits per heavy atom. The van der Waals surface area contributed by atoms with Crippen molar-refractivity contribution in [1.82, 2.24) is 9.58 Å². The zero-order valence-corrected chi connectivity index (χ0v) is 19.1. The number of halogens is 1. The van der Waals surface area contributed by atoms with Gasteiger partial charge in [0.2, 0.25) is 5.43 Å². The molecule has 2 aromatic carbocycles. The van der Waals surface area contributed by atoms with Crippen molar-refractivity contribution < 1.29 is 14.6 Å². The number of carbonyl (C=O) groups is 1. The number of thioether (sulfide) groups is 1. The first kappa shape index (κ1) is 20.7. The fourth-order valence-electron chi connectivity index (χ4n) is 4.97. The molecular weight excluding hydrogens is 462 g/mol. The number of pyridine rings is 1. The summed E-state index contributed by atoms with van der Waals surface area (Å²) >= 11 is 8.57. The van der Waals surface area contributed by atoms with Crippen LogP contribution < -0.4 is 10.4 Å². The van der Waals surface area contributed by atoms with E-state index in [2.05, 4.69) is 18.2 Å². The van der Waals surface area contributed by atoms with E-state index in [1.165, 1.54) is 6.07 Å². The van der Waals surface area contributed by atoms with Gasteiger partial charge in [-0.1, -0.05) is 41.9 Å². The summed E-state index contributed by atoms with van der Waals surface area (Å²) in [5.74, 6) is -0.179. The number of carbonyl (C=O) groups excluding carboxylic acids is 1. The summed E-state index contributed by atoms with van der Waals surface area (Å²) in [6.07, 6.45) is 1.12. The molecule has 0 spiro atoms. The van der Waals surface area contributed by atoms with Crippen LogP contribution in [0.25, 0.3) is 0 Å². The maximum Gasteiger partial charge on any atom is 0.278 e. The molecule has 0 radical (unpaired) electrons. The van der Waals surface area contributed by atoms with Gasteiger partial charge in [-0.3, -0.25) is 19.3 Å². The molecule has 0 aliphatic carbocycles. The molecule has 3 aliphatic rings. The number of aromatic hydroxyl groups is 1. The van der Waals surface area contributed by atoms with Crippen LogP contribution in [0.4, 0.5) is 0 Å². The largest absolute Gasteiger partial charge is 0.502 e. The summed E-state index contributed by atoms with van der Waals surface area (Å²) < 4.78 is 7.41. The molecule has 2 atom stereocenters. The minimum atomic E-state index is -0.587. The van der Waals surface area contributed by atoms with E-state index in [-0.39, 0.29) is 17.6 Å². The summed E-state index contributed by atoms with van der Waals surface area (Å²) in [7, 11) is 0. The van der Waals surface area contributed by atoms with Crippen molar-refractivity contribution in [3.05, 3.63) is 92.4 Å². The van der Waals surface area contributed by atoms with Crippen molar-refractivity contribution in [1.29, 1.82) is 0 Å². The van der Waals surface area contributed by atoms with Crippen molar-refractivity contribution in [3.63, 3.8) is 0 Å². The maximum atomic E-state index is 13.4. The summed E-state index contributed by atoms with van der Waals surface area (Å²) in [4.78, 5) is 28.4. The number of benzene rings is 2. The van der Waals surface area contributed by atoms with Crippen LogP contribution in [0, 0.1) is 0 Å². The first-order valence-electron chi connectivity index (χ1n) is 10.7. The SMILES string of the molecule is O=C1c2c(O)c(=O)ccn2N(C2c3ccccc3SCc3cccc(Cl)c32)[C@@H]2COCCN12. The summed E-state index contributed by atoms with van der Waals surface area (Å²) in [6, 6.07) is 14.9. The predicted molar refractivity (Wildman–Crippen MR) is 126 cm³/mol. The van der Waals surface area contributed by atoms with Crippen molar-refractivity contribution in [2.45, 2.75) is 22.9 Å². The Balaban J connectivity index is 1.68. The minimum Gasteiger partial charge on any atom is -0.502 e. The third kappa shape index (κ3) is 3.08. The minimum absolute atomic E-state index is 0.0383. The molecule has 1 aromatic heterocycles. The zero-order chi connectivity index (χ0) is 22.7. The Hall–Kier alpha value is -2.94. The number of hydrogen-bond acceptors (Lipinski definition) is 6. The van der Waals surface area contributed by atoms with Crippen LogP contribution in [-0.2, 0) is 10.5 Å². The molecule has 4 heterocycles. The second-order valence-electron chi connectivity index (χ2n) is 8.20. The number of amides is 1. The standard InChI is InChI=1S/C24H20ClN3O4S/c25-16-6-3-4-14-13-33-18-7-2-1-5-15(18)21(20(14)16)28-19-12-32-11-10-26(19)24(31)22-23(30)17(29)8-9-27(22)28/h1-9,19,21,30H,10-13H2/t19-,21?/m1/s1. The molecule has 33 heavy (non-hydrogen) atoms. The molecular formula is C24H20ClN3O4S. The smallest absolute Gasteiger partial charge is 0.278 e. The molecule has 1 N–H and O–H groups in total. The van der Waals surface area contributed by atoms with E-state index in [1.54, 1.807) is 27.5 Å². The number of rotatable bonds is 1. The highest BCUT2D eigenvalue weighted by Crippen LogP contribution is 2.46. The van der Waals surface area contributed by atoms with Gasteiger partial charge in [-0.05, 0) is 23.3 Å². The van der Waals surface area contributed by atoms with Crippen LogP contribution in [0.5, 0.6) is 5.75 Å². The lowest BCUT2D eigenvalue weighted by molar-refractivity contribution is -0.0197. The number of aromatic nitrogens is 1. The number of ether oxygens (including phenoxy) is 1. The van der Waals surface area contributed by atoms with E-state index in [0.717, 1.165) is 27.3 Å². The molecule has 1 fully saturated rings. The van der Waals surface area contributed by atoms with Gasteiger partial charge in [0.15, 0.2) is 11.4 Å². The van der Waals surface area contributed by atoms with Gasteiger partial charge in [0, 0.05) is 40.0 Å². The lowest BCUT2D eigenvalue weighted by Crippen LogP contribution is -2.66. The number of nitrogens with zero attached hydrogens (tertiary/aromatic N) is 3. The monoisotopic (exact) mass is 481 g/mol. The number of morpholine rings is 1. The normalized spacial score (nSPS) is 21.5. The van der Waals surface area contributed by atoms with Crippen LogP contribution >= 0.6 is 23.4 Å². The van der Waals surface area contributed by atoms with Gasteiger partial charge in [-0.25, -0.2) is 0 Å². The fourth-order valence-corrected chi connectivity index (χ4v) is 6.35. The molecule has 168 valence electrons. The highest BCUT2D eigenvalue weighted by atomic mass is 35.5. The van der Waals surface area contributed by atoms with Crippen molar-refractivity contribution in [2.24, 2.45) is 0 Å². The lowest BCUT2D eigenvalue weighted by Gasteiger charge is -2.51. The molecule has 1 unspecified atom stereocenters. The Morgan fingerprint density at radius 2 is 1.94 bits per heavy atom. The third-order valence-electron chi connectivity index (χ3n) is 6.45. The van der Waals surface area contributed by atoms with Crippen LogP contribution in [0.1, 0.15) is 33.2 Å². The van der Waals surface area contributed by atoms with Gasteiger partial charge in [0.25, 0.3) is 5.91 Å². The molecule has 1 saturated heterocycles. The zero-order valence-electron chi connectivity index (χ0n) is 17.5. The summed E-state index contributed by atoms with van der Waals surface area (Å²) in [6.45, 7) is 1.05. The molecule has 3 aliphatic heterocycles. The Labute approximate surface area is 199 Å². The first-order valence-corrected chi connectivity index (χ1v) is 12.0. The predicted octanol–water partition coefficient (Wildman–Crippen LogP) is 3.35. The van der Waals surface area contributed by atoms with Gasteiger partial charge in [-0.15, -0.1) is 11.8 Å². The molecule has 0 saturated carbocycles. The molecule has 7 nitrogen and oxygen atoms in total. The van der Waals surface area contributed by atoms with Crippen molar-refractivity contribution >= 4 is 29.3 Å². The van der Waals surface area contributed by atoms with Crippen LogP contribution in [0.3, 0.4) is 0 Å². The third-order valence-corrected chi connectivity index (χ3v) is 7.92. The topological polar surface area (TPSA) is 75.0 Å². The number of hydrogen-bond donors (Lipinski definition) is 1. The molecule has 9 heteroatoms. The van der Waals surface area contributed by atoms with Crippen molar-refractivity contribution in [2.75, 3.05) is 24.8 Å². The molecule has 3 aromatic rings. The van der Waals surface area contributed by atoms with Gasteiger partial charge < -0.3 is 14.7 Å². The second kappa shape index (κ2) is 7.83. The van der Waals surface area contributed by atoms with Gasteiger partial charge in [-0.2, -0.15) is 0 Å². The summed E-state index contributed by atoms with van der Waals surface area (Å²) in [5, 5.41) is 13.3. The highest BCUT2D eigenvalue weighted by molar-refractivity contribution is 7.98. The van der Waals surface area contributed by atoms with Gasteiger partial charge in [0.05, 0.1) is 13.2 Å². The highest BCUT2D eigenvalue weighted by Gasteiger charge is 2.46. The fraction of sp³-hybridized carbons (Fsp3) is 0.250. The molecule has 6 rings (SSSR count). The Bertz CT molecular complexity index is 1340. The number of fused-ring (bicyclic) bond motifs is 4. The van der Waals surface area contributed by atoms with Gasteiger partial charge >= 0.3 is 0 Å². The average Bonchev–Trinajstić information content (AvgIpc) is 3.00. The maximum absolute atomic E-state index is 13.4. The van der Waals surface area contributed by atoms with E-state index >= 15 is 0 Å². The van der Waals surface area contributed by atoms with Crippen LogP contribution in [0.15, 0.2) is 64.4 Å². The van der Waals surface area contributed by atoms with E-state index in [1.807, 2.05) is 29.3 Å². The second-order valence-corrected chi connectivity index (χ2v) is 9.62. The molecule has 1 amide bonds. The first-order chi connectivity index (χ1) is 16.1. The Morgan fingerprint density at radius 3 is 2.82 bits per heavy atom. The van der Waals surface area contributed by atoms with E-state index < -0.39 is 17.3 Å².